The van der Waals surface area contributed by atoms with E-state index in [2.05, 4.69) is 20.4 Å². The van der Waals surface area contributed by atoms with Crippen molar-refractivity contribution in [3.05, 3.63) is 52.8 Å². The van der Waals surface area contributed by atoms with E-state index in [0.717, 1.165) is 31.5 Å². The van der Waals surface area contributed by atoms with E-state index in [-0.39, 0.29) is 17.6 Å². The first kappa shape index (κ1) is 17.8. The Labute approximate surface area is 160 Å². The molecule has 4 rings (SSSR count). The lowest BCUT2D eigenvalue weighted by Crippen LogP contribution is -2.38. The molecule has 2 aromatic heterocycles. The second-order valence-corrected chi connectivity index (χ2v) is 7.34. The second-order valence-electron chi connectivity index (χ2n) is 6.56. The van der Waals surface area contributed by atoms with Crippen LogP contribution in [-0.2, 0) is 4.79 Å². The molecule has 3 heterocycles. The highest BCUT2D eigenvalue weighted by Crippen LogP contribution is 2.29. The van der Waals surface area contributed by atoms with E-state index in [4.69, 9.17) is 4.42 Å². The first-order valence-corrected chi connectivity index (χ1v) is 9.75. The van der Waals surface area contributed by atoms with Crippen LogP contribution in [0.1, 0.15) is 24.7 Å². The zero-order valence-corrected chi connectivity index (χ0v) is 15.4. The van der Waals surface area contributed by atoms with Gasteiger partial charge in [0.2, 0.25) is 17.7 Å². The Hall–Kier alpha value is -2.58. The summed E-state index contributed by atoms with van der Waals surface area (Å²) in [4.78, 5) is 14.3. The van der Waals surface area contributed by atoms with Gasteiger partial charge in [0.25, 0.3) is 0 Å². The zero-order valence-electron chi connectivity index (χ0n) is 14.6. The Kier molecular flexibility index (Phi) is 5.26. The SMILES string of the molecule is O=C(CN1CCC(c2nnc(-c3ccsc3)o2)CC1)Nc1ccc(F)cc1. The van der Waals surface area contributed by atoms with E-state index < -0.39 is 0 Å². The van der Waals surface area contributed by atoms with Crippen LogP contribution in [-0.4, -0.2) is 40.6 Å². The number of halogens is 1. The van der Waals surface area contributed by atoms with E-state index in [1.807, 2.05) is 16.8 Å². The maximum Gasteiger partial charge on any atom is 0.248 e. The third-order valence-electron chi connectivity index (χ3n) is 4.64. The largest absolute Gasteiger partial charge is 0.420 e. The molecule has 140 valence electrons. The summed E-state index contributed by atoms with van der Waals surface area (Å²) in [5, 5.41) is 15.1. The molecule has 0 spiro atoms. The lowest BCUT2D eigenvalue weighted by atomic mass is 9.97. The monoisotopic (exact) mass is 386 g/mol. The topological polar surface area (TPSA) is 71.3 Å². The quantitative estimate of drug-likeness (QED) is 0.723. The van der Waals surface area contributed by atoms with Crippen molar-refractivity contribution in [1.82, 2.24) is 15.1 Å². The summed E-state index contributed by atoms with van der Waals surface area (Å²) >= 11 is 1.60. The average molecular weight is 386 g/mol. The summed E-state index contributed by atoms with van der Waals surface area (Å²) in [6.45, 7) is 1.89. The molecule has 8 heteroatoms. The van der Waals surface area contributed by atoms with E-state index >= 15 is 0 Å². The van der Waals surface area contributed by atoms with Crippen LogP contribution in [0.3, 0.4) is 0 Å². The number of carbonyl (C=O) groups excluding carboxylic acids is 1. The minimum atomic E-state index is -0.321. The first-order valence-electron chi connectivity index (χ1n) is 8.81. The number of piperidine rings is 1. The van der Waals surface area contributed by atoms with Crippen molar-refractivity contribution < 1.29 is 13.6 Å². The van der Waals surface area contributed by atoms with E-state index in [1.54, 1.807) is 23.5 Å². The average Bonchev–Trinajstić information content (AvgIpc) is 3.36. The zero-order chi connectivity index (χ0) is 18.6. The highest BCUT2D eigenvalue weighted by Gasteiger charge is 2.26. The number of rotatable bonds is 5. The molecule has 1 saturated heterocycles. The Morgan fingerprint density at radius 1 is 1.22 bits per heavy atom. The predicted molar refractivity (Wildman–Crippen MR) is 101 cm³/mol. The molecule has 1 aromatic carbocycles. The van der Waals surface area contributed by atoms with Crippen LogP contribution in [0.15, 0.2) is 45.5 Å². The summed E-state index contributed by atoms with van der Waals surface area (Å²) in [7, 11) is 0. The maximum atomic E-state index is 12.9. The van der Waals surface area contributed by atoms with Crippen molar-refractivity contribution in [3.8, 4) is 11.5 Å². The molecule has 27 heavy (non-hydrogen) atoms. The van der Waals surface area contributed by atoms with Gasteiger partial charge in [-0.1, -0.05) is 0 Å². The number of amides is 1. The molecule has 1 fully saturated rings. The molecule has 0 atom stereocenters. The molecule has 6 nitrogen and oxygen atoms in total. The fraction of sp³-hybridized carbons (Fsp3) is 0.316. The van der Waals surface area contributed by atoms with Crippen molar-refractivity contribution in [3.63, 3.8) is 0 Å². The molecule has 1 N–H and O–H groups in total. The number of carbonyl (C=O) groups is 1. The molecule has 0 unspecified atom stereocenters. The summed E-state index contributed by atoms with van der Waals surface area (Å²) < 4.78 is 18.7. The molecule has 0 radical (unpaired) electrons. The standard InChI is InChI=1S/C19H19FN4O2S/c20-15-1-3-16(4-2-15)21-17(25)11-24-8-5-13(6-9-24)18-22-23-19(26-18)14-7-10-27-12-14/h1-4,7,10,12-13H,5-6,8-9,11H2,(H,21,25). The molecule has 0 aliphatic carbocycles. The van der Waals surface area contributed by atoms with Crippen LogP contribution in [0.2, 0.25) is 0 Å². The summed E-state index contributed by atoms with van der Waals surface area (Å²) in [5.74, 6) is 1.04. The van der Waals surface area contributed by atoms with Gasteiger partial charge < -0.3 is 9.73 Å². The predicted octanol–water partition coefficient (Wildman–Crippen LogP) is 3.76. The van der Waals surface area contributed by atoms with Gasteiger partial charge in [0.15, 0.2) is 0 Å². The van der Waals surface area contributed by atoms with Crippen LogP contribution >= 0.6 is 11.3 Å². The lowest BCUT2D eigenvalue weighted by molar-refractivity contribution is -0.117. The molecule has 0 saturated carbocycles. The van der Waals surface area contributed by atoms with E-state index in [1.165, 1.54) is 12.1 Å². The molecule has 1 aliphatic rings. The Morgan fingerprint density at radius 3 is 2.70 bits per heavy atom. The molecular weight excluding hydrogens is 367 g/mol. The number of nitrogens with zero attached hydrogens (tertiary/aromatic N) is 3. The number of anilines is 1. The Morgan fingerprint density at radius 2 is 2.00 bits per heavy atom. The van der Waals surface area contributed by atoms with Gasteiger partial charge in [0.1, 0.15) is 5.82 Å². The van der Waals surface area contributed by atoms with Gasteiger partial charge in [-0.05, 0) is 61.6 Å². The number of hydrogen-bond acceptors (Lipinski definition) is 6. The molecular formula is C19H19FN4O2S. The van der Waals surface area contributed by atoms with Crippen LogP contribution < -0.4 is 5.32 Å². The second kappa shape index (κ2) is 7.98. The summed E-state index contributed by atoms with van der Waals surface area (Å²) in [6, 6.07) is 7.73. The van der Waals surface area contributed by atoms with E-state index in [0.29, 0.717) is 24.0 Å². The fourth-order valence-corrected chi connectivity index (χ4v) is 3.81. The minimum absolute atomic E-state index is 0.0995. The fourth-order valence-electron chi connectivity index (χ4n) is 3.18. The number of nitrogens with one attached hydrogen (secondary N) is 1. The van der Waals surface area contributed by atoms with Crippen molar-refractivity contribution in [2.45, 2.75) is 18.8 Å². The number of thiophene rings is 1. The van der Waals surface area contributed by atoms with Crippen molar-refractivity contribution in [1.29, 1.82) is 0 Å². The normalized spacial score (nSPS) is 15.7. The van der Waals surface area contributed by atoms with Gasteiger partial charge in [-0.2, -0.15) is 11.3 Å². The molecule has 3 aromatic rings. The van der Waals surface area contributed by atoms with Gasteiger partial charge in [0, 0.05) is 22.5 Å². The molecule has 1 aliphatic heterocycles. The van der Waals surface area contributed by atoms with Gasteiger partial charge in [0.05, 0.1) is 6.54 Å². The van der Waals surface area contributed by atoms with Crippen LogP contribution in [0.25, 0.3) is 11.5 Å². The van der Waals surface area contributed by atoms with Gasteiger partial charge >= 0.3 is 0 Å². The van der Waals surface area contributed by atoms with Crippen molar-refractivity contribution in [2.75, 3.05) is 25.0 Å². The van der Waals surface area contributed by atoms with Gasteiger partial charge in [-0.15, -0.1) is 10.2 Å². The number of likely N-dealkylation sites (tertiary alicyclic amines) is 1. The third kappa shape index (κ3) is 4.40. The Bertz CT molecular complexity index is 887. The van der Waals surface area contributed by atoms with E-state index in [9.17, 15) is 9.18 Å². The van der Waals surface area contributed by atoms with Crippen LogP contribution in [0.5, 0.6) is 0 Å². The Balaban J connectivity index is 1.27. The molecule has 1 amide bonds. The van der Waals surface area contributed by atoms with Crippen molar-refractivity contribution in [2.24, 2.45) is 0 Å². The highest BCUT2D eigenvalue weighted by molar-refractivity contribution is 7.08. The maximum absolute atomic E-state index is 12.9. The summed E-state index contributed by atoms with van der Waals surface area (Å²) in [5.41, 5.74) is 1.55. The van der Waals surface area contributed by atoms with Crippen molar-refractivity contribution >= 4 is 22.9 Å². The number of aromatic nitrogens is 2. The lowest BCUT2D eigenvalue weighted by Gasteiger charge is -2.29. The minimum Gasteiger partial charge on any atom is -0.420 e. The third-order valence-corrected chi connectivity index (χ3v) is 5.32. The molecule has 0 bridgehead atoms. The highest BCUT2D eigenvalue weighted by atomic mass is 32.1. The van der Waals surface area contributed by atoms with Gasteiger partial charge in [-0.25, -0.2) is 4.39 Å². The van der Waals surface area contributed by atoms with Gasteiger partial charge in [-0.3, -0.25) is 9.69 Å². The summed E-state index contributed by atoms with van der Waals surface area (Å²) in [6.07, 6.45) is 1.74. The van der Waals surface area contributed by atoms with Crippen LogP contribution in [0, 0.1) is 5.82 Å². The number of hydrogen-bond donors (Lipinski definition) is 1. The first-order chi connectivity index (χ1) is 13.2. The van der Waals surface area contributed by atoms with Crippen LogP contribution in [0.4, 0.5) is 10.1 Å². The number of benzene rings is 1. The smallest absolute Gasteiger partial charge is 0.248 e.